The molecular weight excluding hydrogens is 300 g/mol. The van der Waals surface area contributed by atoms with Crippen LogP contribution in [0.15, 0.2) is 60.8 Å². The zero-order chi connectivity index (χ0) is 16.5. The van der Waals surface area contributed by atoms with Crippen LogP contribution in [0, 0.1) is 0 Å². The van der Waals surface area contributed by atoms with E-state index in [0.717, 1.165) is 16.8 Å². The van der Waals surface area contributed by atoms with E-state index in [4.69, 9.17) is 16.5 Å². The quantitative estimate of drug-likeness (QED) is 0.589. The lowest BCUT2D eigenvalue weighted by atomic mass is 10.1. The topological polar surface area (TPSA) is 104 Å². The first-order valence-corrected chi connectivity index (χ1v) is 7.42. The molecule has 4 rings (SSSR count). The van der Waals surface area contributed by atoms with Gasteiger partial charge in [0.25, 0.3) is 0 Å². The van der Waals surface area contributed by atoms with Crippen molar-refractivity contribution in [2.45, 2.75) is 0 Å². The summed E-state index contributed by atoms with van der Waals surface area (Å²) < 4.78 is 0. The highest BCUT2D eigenvalue weighted by molar-refractivity contribution is 5.91. The Bertz CT molecular complexity index is 1010. The zero-order valence-electron chi connectivity index (χ0n) is 12.7. The van der Waals surface area contributed by atoms with Crippen LogP contribution in [0.2, 0.25) is 0 Å². The molecule has 6 nitrogen and oxygen atoms in total. The van der Waals surface area contributed by atoms with E-state index in [1.54, 1.807) is 12.3 Å². The second-order valence-corrected chi connectivity index (χ2v) is 5.33. The molecule has 0 amide bonds. The number of nitrogens with zero attached hydrogens (tertiary/aromatic N) is 4. The molecule has 0 fully saturated rings. The van der Waals surface area contributed by atoms with Gasteiger partial charge in [-0.2, -0.15) is 0 Å². The maximum atomic E-state index is 5.85. The first-order valence-electron chi connectivity index (χ1n) is 7.42. The van der Waals surface area contributed by atoms with Gasteiger partial charge in [0.1, 0.15) is 17.0 Å². The Balaban J connectivity index is 1.95. The number of rotatable bonds is 2. The molecule has 0 aliphatic rings. The summed E-state index contributed by atoms with van der Waals surface area (Å²) in [6, 6.07) is 17.2. The fourth-order valence-corrected chi connectivity index (χ4v) is 2.55. The fourth-order valence-electron chi connectivity index (χ4n) is 2.55. The van der Waals surface area contributed by atoms with E-state index < -0.39 is 0 Å². The number of hydrogen-bond donors (Lipinski definition) is 2. The second kappa shape index (κ2) is 5.58. The molecule has 0 radical (unpaired) electrons. The normalized spacial score (nSPS) is 10.8. The lowest BCUT2D eigenvalue weighted by Gasteiger charge is -2.08. The molecule has 4 N–H and O–H groups in total. The largest absolute Gasteiger partial charge is 0.384 e. The van der Waals surface area contributed by atoms with Crippen LogP contribution in [-0.2, 0) is 0 Å². The number of hydrogen-bond acceptors (Lipinski definition) is 6. The van der Waals surface area contributed by atoms with E-state index in [-0.39, 0.29) is 5.95 Å². The van der Waals surface area contributed by atoms with E-state index in [1.165, 1.54) is 0 Å². The summed E-state index contributed by atoms with van der Waals surface area (Å²) in [4.78, 5) is 17.5. The molecule has 0 bridgehead atoms. The number of pyridine rings is 2. The summed E-state index contributed by atoms with van der Waals surface area (Å²) in [7, 11) is 0. The van der Waals surface area contributed by atoms with Crippen LogP contribution >= 0.6 is 0 Å². The molecule has 0 spiro atoms. The maximum absolute atomic E-state index is 5.85. The van der Waals surface area contributed by atoms with Crippen molar-refractivity contribution in [1.29, 1.82) is 0 Å². The highest BCUT2D eigenvalue weighted by atomic mass is 15.0. The van der Waals surface area contributed by atoms with Crippen LogP contribution in [0.4, 0.5) is 11.8 Å². The van der Waals surface area contributed by atoms with Gasteiger partial charge in [0.05, 0.1) is 11.2 Å². The first-order chi connectivity index (χ1) is 11.7. The van der Waals surface area contributed by atoms with Gasteiger partial charge in [-0.05, 0) is 24.3 Å². The Morgan fingerprint density at radius 3 is 2.29 bits per heavy atom. The highest BCUT2D eigenvalue weighted by Gasteiger charge is 2.11. The molecule has 116 valence electrons. The van der Waals surface area contributed by atoms with Crippen LogP contribution < -0.4 is 11.5 Å². The SMILES string of the molecule is Nc1ccc(-c2ccc3nc(N)nc(-c4ccccc4)c3n2)cn1. The monoisotopic (exact) mass is 314 g/mol. The van der Waals surface area contributed by atoms with Gasteiger partial charge in [0.15, 0.2) is 0 Å². The summed E-state index contributed by atoms with van der Waals surface area (Å²) in [6.07, 6.45) is 1.70. The minimum atomic E-state index is 0.227. The summed E-state index contributed by atoms with van der Waals surface area (Å²) in [5.41, 5.74) is 16.2. The van der Waals surface area contributed by atoms with Crippen molar-refractivity contribution < 1.29 is 0 Å². The third-order valence-corrected chi connectivity index (χ3v) is 3.69. The Labute approximate surface area is 138 Å². The predicted molar refractivity (Wildman–Crippen MR) is 94.8 cm³/mol. The molecule has 6 heteroatoms. The zero-order valence-corrected chi connectivity index (χ0v) is 12.7. The minimum Gasteiger partial charge on any atom is -0.384 e. The average Bonchev–Trinajstić information content (AvgIpc) is 2.62. The number of benzene rings is 1. The summed E-state index contributed by atoms with van der Waals surface area (Å²) in [5.74, 6) is 0.700. The number of nitrogens with two attached hydrogens (primary N) is 2. The third-order valence-electron chi connectivity index (χ3n) is 3.69. The second-order valence-electron chi connectivity index (χ2n) is 5.33. The number of anilines is 2. The Morgan fingerprint density at radius 1 is 0.708 bits per heavy atom. The van der Waals surface area contributed by atoms with Crippen LogP contribution in [0.3, 0.4) is 0 Å². The van der Waals surface area contributed by atoms with Gasteiger partial charge in [0.2, 0.25) is 5.95 Å². The third kappa shape index (κ3) is 2.50. The molecule has 0 atom stereocenters. The molecule has 0 aliphatic heterocycles. The standard InChI is InChI=1S/C18H14N6/c19-15-9-6-12(10-21-15)13-7-8-14-17(22-13)16(24-18(20)23-14)11-4-2-1-3-5-11/h1-10H,(H2,19,21)(H2,20,23,24). The molecule has 1 aromatic carbocycles. The fraction of sp³-hybridized carbons (Fsp3) is 0. The van der Waals surface area contributed by atoms with Gasteiger partial charge in [-0.3, -0.25) is 0 Å². The summed E-state index contributed by atoms with van der Waals surface area (Å²) in [5, 5.41) is 0. The molecule has 0 aliphatic carbocycles. The van der Waals surface area contributed by atoms with E-state index in [2.05, 4.69) is 15.0 Å². The van der Waals surface area contributed by atoms with Gasteiger partial charge in [-0.25, -0.2) is 19.9 Å². The van der Waals surface area contributed by atoms with Crippen molar-refractivity contribution in [2.75, 3.05) is 11.5 Å². The lowest BCUT2D eigenvalue weighted by molar-refractivity contribution is 1.21. The van der Waals surface area contributed by atoms with Crippen molar-refractivity contribution in [3.63, 3.8) is 0 Å². The lowest BCUT2D eigenvalue weighted by Crippen LogP contribution is -2.00. The molecule has 0 saturated heterocycles. The van der Waals surface area contributed by atoms with Crippen molar-refractivity contribution in [1.82, 2.24) is 19.9 Å². The average molecular weight is 314 g/mol. The Morgan fingerprint density at radius 2 is 1.54 bits per heavy atom. The molecule has 3 aromatic heterocycles. The van der Waals surface area contributed by atoms with E-state index in [1.807, 2.05) is 48.5 Å². The van der Waals surface area contributed by atoms with Crippen molar-refractivity contribution in [3.8, 4) is 22.5 Å². The van der Waals surface area contributed by atoms with E-state index >= 15 is 0 Å². The Hall–Kier alpha value is -3.54. The van der Waals surface area contributed by atoms with E-state index in [0.29, 0.717) is 22.5 Å². The van der Waals surface area contributed by atoms with Gasteiger partial charge in [-0.15, -0.1) is 0 Å². The molecule has 4 aromatic rings. The van der Waals surface area contributed by atoms with Crippen molar-refractivity contribution >= 4 is 22.8 Å². The van der Waals surface area contributed by atoms with Crippen molar-refractivity contribution in [2.24, 2.45) is 0 Å². The van der Waals surface area contributed by atoms with Gasteiger partial charge >= 0.3 is 0 Å². The predicted octanol–water partition coefficient (Wildman–Crippen LogP) is 2.92. The molecule has 0 saturated carbocycles. The van der Waals surface area contributed by atoms with Gasteiger partial charge in [-0.1, -0.05) is 30.3 Å². The number of aromatic nitrogens is 4. The van der Waals surface area contributed by atoms with Gasteiger partial charge < -0.3 is 11.5 Å². The summed E-state index contributed by atoms with van der Waals surface area (Å²) >= 11 is 0. The van der Waals surface area contributed by atoms with Crippen LogP contribution in [0.25, 0.3) is 33.5 Å². The number of nitrogen functional groups attached to an aromatic ring is 2. The van der Waals surface area contributed by atoms with Crippen molar-refractivity contribution in [3.05, 3.63) is 60.8 Å². The first kappa shape index (κ1) is 14.1. The summed E-state index contributed by atoms with van der Waals surface area (Å²) in [6.45, 7) is 0. The Kier molecular flexibility index (Phi) is 3.28. The molecule has 24 heavy (non-hydrogen) atoms. The maximum Gasteiger partial charge on any atom is 0.221 e. The highest BCUT2D eigenvalue weighted by Crippen LogP contribution is 2.27. The molecular formula is C18H14N6. The molecule has 0 unspecified atom stereocenters. The van der Waals surface area contributed by atoms with Crippen LogP contribution in [-0.4, -0.2) is 19.9 Å². The van der Waals surface area contributed by atoms with Crippen LogP contribution in [0.1, 0.15) is 0 Å². The van der Waals surface area contributed by atoms with Crippen LogP contribution in [0.5, 0.6) is 0 Å². The van der Waals surface area contributed by atoms with Gasteiger partial charge in [0, 0.05) is 17.3 Å². The number of fused-ring (bicyclic) bond motifs is 1. The smallest absolute Gasteiger partial charge is 0.221 e. The molecule has 3 heterocycles. The minimum absolute atomic E-state index is 0.227. The van der Waals surface area contributed by atoms with E-state index in [9.17, 15) is 0 Å².